The molecular weight excluding hydrogens is 312 g/mol. The molecule has 9 heteroatoms. The highest BCUT2D eigenvalue weighted by Gasteiger charge is 2.17. The molecule has 0 rings (SSSR count). The zero-order chi connectivity index (χ0) is 17.8. The Bertz CT molecular complexity index is 382. The highest BCUT2D eigenvalue weighted by atomic mass is 16.6. The first-order valence-corrected chi connectivity index (χ1v) is 7.13. The first kappa shape index (κ1) is 21.4. The molecule has 0 fully saturated rings. The third-order valence-electron chi connectivity index (χ3n) is 2.45. The van der Waals surface area contributed by atoms with E-state index in [1.165, 1.54) is 13.8 Å². The molecule has 0 aromatic rings. The number of carbonyl (C=O) groups excluding carboxylic acids is 3. The van der Waals surface area contributed by atoms with Gasteiger partial charge in [0.1, 0.15) is 37.1 Å². The van der Waals surface area contributed by atoms with Crippen molar-refractivity contribution in [2.24, 2.45) is 0 Å². The SMILES string of the molecule is CC(=O)CC(=O)OC(C)CC(=O)OCC(O)COCC(O)CO. The van der Waals surface area contributed by atoms with Gasteiger partial charge in [0.25, 0.3) is 0 Å². The third kappa shape index (κ3) is 12.7. The van der Waals surface area contributed by atoms with Gasteiger partial charge in [-0.2, -0.15) is 0 Å². The van der Waals surface area contributed by atoms with Gasteiger partial charge in [0.2, 0.25) is 0 Å². The fourth-order valence-electron chi connectivity index (χ4n) is 1.43. The number of carbonyl (C=O) groups is 3. The molecule has 0 spiro atoms. The molecule has 0 aliphatic rings. The van der Waals surface area contributed by atoms with Crippen molar-refractivity contribution in [2.75, 3.05) is 26.4 Å². The van der Waals surface area contributed by atoms with Crippen LogP contribution in [0.15, 0.2) is 0 Å². The summed E-state index contributed by atoms with van der Waals surface area (Å²) >= 11 is 0. The van der Waals surface area contributed by atoms with Crippen molar-refractivity contribution in [2.45, 2.75) is 45.0 Å². The minimum absolute atomic E-state index is 0.148. The highest BCUT2D eigenvalue weighted by molar-refractivity contribution is 5.94. The molecule has 0 heterocycles. The number of ketones is 1. The van der Waals surface area contributed by atoms with E-state index in [1.807, 2.05) is 0 Å². The lowest BCUT2D eigenvalue weighted by molar-refractivity contribution is -0.156. The van der Waals surface area contributed by atoms with Crippen LogP contribution in [0.1, 0.15) is 26.7 Å². The summed E-state index contributed by atoms with van der Waals surface area (Å²) in [5, 5.41) is 27.1. The minimum Gasteiger partial charge on any atom is -0.463 e. The summed E-state index contributed by atoms with van der Waals surface area (Å²) in [4.78, 5) is 33.4. The quantitative estimate of drug-likeness (QED) is 0.289. The van der Waals surface area contributed by atoms with E-state index in [0.717, 1.165) is 0 Å². The van der Waals surface area contributed by atoms with Crippen molar-refractivity contribution >= 4 is 17.7 Å². The van der Waals surface area contributed by atoms with Gasteiger partial charge in [-0.25, -0.2) is 0 Å². The maximum absolute atomic E-state index is 11.5. The van der Waals surface area contributed by atoms with E-state index in [4.69, 9.17) is 24.4 Å². The fourth-order valence-corrected chi connectivity index (χ4v) is 1.43. The van der Waals surface area contributed by atoms with Gasteiger partial charge in [0.15, 0.2) is 0 Å². The molecule has 3 atom stereocenters. The summed E-state index contributed by atoms with van der Waals surface area (Å²) in [6.07, 6.45) is -3.42. The Morgan fingerprint density at radius 2 is 1.61 bits per heavy atom. The van der Waals surface area contributed by atoms with Crippen LogP contribution in [0.3, 0.4) is 0 Å². The van der Waals surface area contributed by atoms with Gasteiger partial charge in [-0.3, -0.25) is 14.4 Å². The van der Waals surface area contributed by atoms with Gasteiger partial charge in [0, 0.05) is 0 Å². The standard InChI is InChI=1S/C14H24O9/c1-9(16)3-14(20)23-10(2)4-13(19)22-8-12(18)7-21-6-11(17)5-15/h10-12,15,17-18H,3-8H2,1-2H3. The minimum atomic E-state index is -1.08. The summed E-state index contributed by atoms with van der Waals surface area (Å²) in [5.41, 5.74) is 0. The number of Topliss-reactive ketones (excluding diaryl/α,β-unsaturated/α-hetero) is 1. The molecule has 9 nitrogen and oxygen atoms in total. The maximum atomic E-state index is 11.5. The predicted octanol–water partition coefficient (Wildman–Crippen LogP) is -1.44. The van der Waals surface area contributed by atoms with Crippen molar-refractivity contribution in [1.29, 1.82) is 0 Å². The summed E-state index contributed by atoms with van der Waals surface area (Å²) in [5.74, 6) is -1.73. The van der Waals surface area contributed by atoms with Crippen molar-refractivity contribution in [1.82, 2.24) is 0 Å². The summed E-state index contributed by atoms with van der Waals surface area (Å²) in [6.45, 7) is 1.64. The number of esters is 2. The second-order valence-electron chi connectivity index (χ2n) is 5.09. The summed E-state index contributed by atoms with van der Waals surface area (Å²) < 4.78 is 14.5. The smallest absolute Gasteiger partial charge is 0.313 e. The van der Waals surface area contributed by atoms with E-state index < -0.39 is 36.9 Å². The lowest BCUT2D eigenvalue weighted by atomic mass is 10.2. The molecule has 0 bridgehead atoms. The highest BCUT2D eigenvalue weighted by Crippen LogP contribution is 2.03. The van der Waals surface area contributed by atoms with Crippen LogP contribution in [-0.4, -0.2) is 77.8 Å². The monoisotopic (exact) mass is 336 g/mol. The van der Waals surface area contributed by atoms with Gasteiger partial charge in [-0.15, -0.1) is 0 Å². The Balaban J connectivity index is 3.84. The fraction of sp³-hybridized carbons (Fsp3) is 0.786. The van der Waals surface area contributed by atoms with E-state index in [9.17, 15) is 19.5 Å². The van der Waals surface area contributed by atoms with Crippen LogP contribution < -0.4 is 0 Å². The average molecular weight is 336 g/mol. The molecule has 0 aromatic carbocycles. The molecule has 0 aliphatic heterocycles. The lowest BCUT2D eigenvalue weighted by Gasteiger charge is -2.15. The van der Waals surface area contributed by atoms with E-state index in [0.29, 0.717) is 0 Å². The Morgan fingerprint density at radius 1 is 1.00 bits per heavy atom. The first-order valence-electron chi connectivity index (χ1n) is 7.13. The molecule has 0 amide bonds. The zero-order valence-electron chi connectivity index (χ0n) is 13.3. The Morgan fingerprint density at radius 3 is 2.17 bits per heavy atom. The lowest BCUT2D eigenvalue weighted by Crippen LogP contribution is -2.28. The number of hydrogen-bond acceptors (Lipinski definition) is 9. The molecule has 0 saturated carbocycles. The summed E-state index contributed by atoms with van der Waals surface area (Å²) in [6, 6.07) is 0. The largest absolute Gasteiger partial charge is 0.463 e. The maximum Gasteiger partial charge on any atom is 0.313 e. The van der Waals surface area contributed by atoms with Crippen LogP contribution in [0, 0.1) is 0 Å². The molecular formula is C14H24O9. The molecule has 3 N–H and O–H groups in total. The third-order valence-corrected chi connectivity index (χ3v) is 2.45. The Labute approximate surface area is 134 Å². The van der Waals surface area contributed by atoms with E-state index in [2.05, 4.69) is 0 Å². The van der Waals surface area contributed by atoms with Crippen molar-refractivity contribution in [3.63, 3.8) is 0 Å². The number of hydrogen-bond donors (Lipinski definition) is 3. The van der Waals surface area contributed by atoms with Gasteiger partial charge in [-0.05, 0) is 13.8 Å². The van der Waals surface area contributed by atoms with E-state index >= 15 is 0 Å². The Hall–Kier alpha value is -1.55. The molecule has 0 aromatic heterocycles. The topological polar surface area (TPSA) is 140 Å². The van der Waals surface area contributed by atoms with Crippen molar-refractivity contribution in [3.05, 3.63) is 0 Å². The second kappa shape index (κ2) is 11.9. The number of rotatable bonds is 12. The molecule has 0 aliphatic carbocycles. The van der Waals surface area contributed by atoms with Crippen LogP contribution >= 0.6 is 0 Å². The van der Waals surface area contributed by atoms with E-state index in [1.54, 1.807) is 0 Å². The van der Waals surface area contributed by atoms with Gasteiger partial charge in [-0.1, -0.05) is 0 Å². The van der Waals surface area contributed by atoms with Crippen molar-refractivity contribution in [3.8, 4) is 0 Å². The number of ether oxygens (including phenoxy) is 3. The zero-order valence-corrected chi connectivity index (χ0v) is 13.3. The molecule has 0 radical (unpaired) electrons. The average Bonchev–Trinajstić information content (AvgIpc) is 2.43. The van der Waals surface area contributed by atoms with Crippen LogP contribution in [0.25, 0.3) is 0 Å². The van der Waals surface area contributed by atoms with Gasteiger partial charge < -0.3 is 29.5 Å². The molecule has 23 heavy (non-hydrogen) atoms. The molecule has 134 valence electrons. The van der Waals surface area contributed by atoms with Crippen LogP contribution in [-0.2, 0) is 28.6 Å². The number of aliphatic hydroxyl groups is 3. The second-order valence-corrected chi connectivity index (χ2v) is 5.09. The van der Waals surface area contributed by atoms with Gasteiger partial charge in [0.05, 0.1) is 26.2 Å². The summed E-state index contributed by atoms with van der Waals surface area (Å²) in [7, 11) is 0. The number of aliphatic hydroxyl groups excluding tert-OH is 3. The van der Waals surface area contributed by atoms with Crippen LogP contribution in [0.4, 0.5) is 0 Å². The van der Waals surface area contributed by atoms with Crippen LogP contribution in [0.5, 0.6) is 0 Å². The van der Waals surface area contributed by atoms with E-state index in [-0.39, 0.29) is 38.4 Å². The van der Waals surface area contributed by atoms with Gasteiger partial charge >= 0.3 is 11.9 Å². The molecule has 0 saturated heterocycles. The first-order chi connectivity index (χ1) is 10.7. The molecule has 3 unspecified atom stereocenters. The Kier molecular flexibility index (Phi) is 11.1. The predicted molar refractivity (Wildman–Crippen MR) is 76.3 cm³/mol. The normalized spacial score (nSPS) is 14.7. The van der Waals surface area contributed by atoms with Crippen LogP contribution in [0.2, 0.25) is 0 Å². The van der Waals surface area contributed by atoms with Crippen molar-refractivity contribution < 1.29 is 43.9 Å².